The van der Waals surface area contributed by atoms with Gasteiger partial charge in [-0.15, -0.1) is 11.8 Å². The quantitative estimate of drug-likeness (QED) is 0.472. The van der Waals surface area contributed by atoms with Gasteiger partial charge in [0, 0.05) is 6.04 Å². The van der Waals surface area contributed by atoms with Crippen molar-refractivity contribution in [1.82, 2.24) is 20.9 Å². The van der Waals surface area contributed by atoms with Gasteiger partial charge in [0.1, 0.15) is 12.3 Å². The number of aliphatic hydroxyl groups is 1. The maximum Gasteiger partial charge on any atom is 0.243 e. The Bertz CT molecular complexity index is 879. The molecule has 2 heterocycles. The monoisotopic (exact) mass is 474 g/mol. The number of fused-ring (bicyclic) bond motifs is 2. The molecule has 6 atom stereocenters. The zero-order valence-corrected chi connectivity index (χ0v) is 21.0. The topological polar surface area (TPSA) is 93.7 Å². The second-order valence-corrected chi connectivity index (χ2v) is 11.6. The van der Waals surface area contributed by atoms with Crippen LogP contribution < -0.4 is 16.0 Å². The Morgan fingerprint density at radius 2 is 2.00 bits per heavy atom. The van der Waals surface area contributed by atoms with E-state index in [9.17, 15) is 14.7 Å². The number of carbonyl (C=O) groups is 2. The lowest BCUT2D eigenvalue weighted by atomic mass is 9.83. The molecule has 2 fully saturated rings. The van der Waals surface area contributed by atoms with Crippen LogP contribution in [0, 0.1) is 5.41 Å². The molecule has 1 aliphatic carbocycles. The summed E-state index contributed by atoms with van der Waals surface area (Å²) in [6, 6.07) is 7.10. The lowest BCUT2D eigenvalue weighted by Crippen LogP contribution is -2.59. The summed E-state index contributed by atoms with van der Waals surface area (Å²) in [6.45, 7) is 6.05. The Morgan fingerprint density at radius 3 is 2.76 bits per heavy atom. The molecule has 0 radical (unpaired) electrons. The van der Waals surface area contributed by atoms with Crippen LogP contribution in [0.25, 0.3) is 0 Å². The van der Waals surface area contributed by atoms with Gasteiger partial charge >= 0.3 is 0 Å². The van der Waals surface area contributed by atoms with E-state index in [0.717, 1.165) is 31.4 Å². The van der Waals surface area contributed by atoms with Crippen molar-refractivity contribution >= 4 is 23.6 Å². The Labute approximate surface area is 201 Å². The first kappa shape index (κ1) is 24.5. The molecule has 0 spiro atoms. The van der Waals surface area contributed by atoms with Gasteiger partial charge in [-0.05, 0) is 68.4 Å². The highest BCUT2D eigenvalue weighted by Crippen LogP contribution is 2.46. The molecule has 182 valence electrons. The third kappa shape index (κ3) is 4.94. The number of carbonyl (C=O) groups excluding carboxylic acids is 2. The number of likely N-dealkylation sites (N-methyl/N-ethyl adjacent to an activating group) is 1. The molecular formula is C25H38N4O3S. The van der Waals surface area contributed by atoms with Gasteiger partial charge in [0.05, 0.1) is 17.5 Å². The minimum atomic E-state index is -0.841. The molecule has 2 aliphatic heterocycles. The van der Waals surface area contributed by atoms with Gasteiger partial charge in [0.15, 0.2) is 0 Å². The molecule has 0 aromatic heterocycles. The van der Waals surface area contributed by atoms with Gasteiger partial charge < -0.3 is 20.6 Å². The molecule has 33 heavy (non-hydrogen) atoms. The summed E-state index contributed by atoms with van der Waals surface area (Å²) in [5, 5.41) is 19.9. The summed E-state index contributed by atoms with van der Waals surface area (Å²) in [5.41, 5.74) is 2.17. The van der Waals surface area contributed by atoms with E-state index in [-0.39, 0.29) is 34.7 Å². The molecule has 7 nitrogen and oxygen atoms in total. The molecule has 4 N–H and O–H groups in total. The SMILES string of the molecule is CN[C@@H](C)C(O)N[C@H]1CCS[C@H]2CC(C)(C)C(C(=O)N[C@@H]3CCCc4ccccc43)N2C1=O. The van der Waals surface area contributed by atoms with Crippen molar-refractivity contribution in [3.05, 3.63) is 35.4 Å². The first-order chi connectivity index (χ1) is 15.7. The van der Waals surface area contributed by atoms with Crippen molar-refractivity contribution in [3.63, 3.8) is 0 Å². The second kappa shape index (κ2) is 9.94. The number of hydrogen-bond donors (Lipinski definition) is 4. The summed E-state index contributed by atoms with van der Waals surface area (Å²) in [5.74, 6) is 0.663. The van der Waals surface area contributed by atoms with Crippen LogP contribution >= 0.6 is 11.8 Å². The number of nitrogens with zero attached hydrogens (tertiary/aromatic N) is 1. The first-order valence-electron chi connectivity index (χ1n) is 12.2. The van der Waals surface area contributed by atoms with Gasteiger partial charge in [-0.1, -0.05) is 38.1 Å². The van der Waals surface area contributed by atoms with E-state index >= 15 is 0 Å². The molecule has 0 saturated carbocycles. The van der Waals surface area contributed by atoms with Crippen LogP contribution in [0.2, 0.25) is 0 Å². The zero-order chi connectivity index (χ0) is 23.8. The van der Waals surface area contributed by atoms with Crippen molar-refractivity contribution in [2.45, 2.75) is 88.6 Å². The Kier molecular flexibility index (Phi) is 7.38. The lowest BCUT2D eigenvalue weighted by molar-refractivity contribution is -0.143. The highest BCUT2D eigenvalue weighted by molar-refractivity contribution is 7.99. The summed E-state index contributed by atoms with van der Waals surface area (Å²) < 4.78 is 0. The van der Waals surface area contributed by atoms with E-state index in [4.69, 9.17) is 0 Å². The molecular weight excluding hydrogens is 436 g/mol. The molecule has 4 rings (SSSR count). The predicted molar refractivity (Wildman–Crippen MR) is 132 cm³/mol. The van der Waals surface area contributed by atoms with E-state index in [1.165, 1.54) is 11.1 Å². The van der Waals surface area contributed by atoms with E-state index in [2.05, 4.69) is 48.0 Å². The third-order valence-corrected chi connectivity index (χ3v) is 8.78. The smallest absolute Gasteiger partial charge is 0.243 e. The summed E-state index contributed by atoms with van der Waals surface area (Å²) in [6.07, 6.45) is 3.58. The number of aryl methyl sites for hydroxylation is 1. The van der Waals surface area contributed by atoms with Crippen LogP contribution in [0.5, 0.6) is 0 Å². The van der Waals surface area contributed by atoms with Crippen molar-refractivity contribution in [2.24, 2.45) is 5.41 Å². The number of nitrogens with one attached hydrogen (secondary N) is 3. The molecule has 2 amide bonds. The minimum absolute atomic E-state index is 0.0146. The van der Waals surface area contributed by atoms with Crippen LogP contribution in [0.1, 0.15) is 63.6 Å². The van der Waals surface area contributed by atoms with Crippen LogP contribution in [-0.4, -0.2) is 64.3 Å². The largest absolute Gasteiger partial charge is 0.377 e. The predicted octanol–water partition coefficient (Wildman–Crippen LogP) is 2.15. The molecule has 2 unspecified atom stereocenters. The van der Waals surface area contributed by atoms with Crippen LogP contribution in [0.3, 0.4) is 0 Å². The Hall–Kier alpha value is -1.61. The van der Waals surface area contributed by atoms with E-state index < -0.39 is 18.3 Å². The first-order valence-corrected chi connectivity index (χ1v) is 13.2. The maximum absolute atomic E-state index is 13.7. The molecule has 0 bridgehead atoms. The van der Waals surface area contributed by atoms with Gasteiger partial charge in [0.25, 0.3) is 0 Å². The standard InChI is InChI=1S/C25H38N4O3S/c1-15(26-4)22(30)28-19-12-13-33-20-14-25(2,3)21(29(20)24(19)32)23(31)27-18-11-7-9-16-8-5-6-10-17(16)18/h5-6,8,10,15,18-22,26,28,30H,7,9,11-14H2,1-4H3,(H,27,31)/t15-,18+,19-,20-,21?,22?/m0/s1. The fraction of sp³-hybridized carbons (Fsp3) is 0.680. The molecule has 8 heteroatoms. The molecule has 1 aromatic carbocycles. The van der Waals surface area contributed by atoms with Crippen LogP contribution in [0.15, 0.2) is 24.3 Å². The van der Waals surface area contributed by atoms with E-state index in [0.29, 0.717) is 6.42 Å². The van der Waals surface area contributed by atoms with E-state index in [1.807, 2.05) is 17.9 Å². The molecule has 1 aromatic rings. The maximum atomic E-state index is 13.7. The number of thioether (sulfide) groups is 1. The number of amides is 2. The van der Waals surface area contributed by atoms with Crippen molar-refractivity contribution in [2.75, 3.05) is 12.8 Å². The highest BCUT2D eigenvalue weighted by Gasteiger charge is 2.54. The van der Waals surface area contributed by atoms with Gasteiger partial charge in [0.2, 0.25) is 11.8 Å². The second-order valence-electron chi connectivity index (χ2n) is 10.3. The number of rotatable bonds is 6. The Morgan fingerprint density at radius 1 is 1.24 bits per heavy atom. The lowest BCUT2D eigenvalue weighted by Gasteiger charge is -2.36. The van der Waals surface area contributed by atoms with E-state index in [1.54, 1.807) is 18.8 Å². The van der Waals surface area contributed by atoms with Gasteiger partial charge in [-0.25, -0.2) is 0 Å². The number of benzene rings is 1. The average Bonchev–Trinajstić information content (AvgIpc) is 2.99. The fourth-order valence-electron chi connectivity index (χ4n) is 5.54. The minimum Gasteiger partial charge on any atom is -0.377 e. The van der Waals surface area contributed by atoms with Gasteiger partial charge in [-0.3, -0.25) is 14.9 Å². The summed E-state index contributed by atoms with van der Waals surface area (Å²) >= 11 is 1.75. The summed E-state index contributed by atoms with van der Waals surface area (Å²) in [4.78, 5) is 29.3. The molecule has 2 saturated heterocycles. The Balaban J connectivity index is 1.55. The summed E-state index contributed by atoms with van der Waals surface area (Å²) in [7, 11) is 1.78. The van der Waals surface area contributed by atoms with Crippen molar-refractivity contribution in [1.29, 1.82) is 0 Å². The molecule has 3 aliphatic rings. The van der Waals surface area contributed by atoms with Crippen LogP contribution in [0.4, 0.5) is 0 Å². The van der Waals surface area contributed by atoms with Gasteiger partial charge in [-0.2, -0.15) is 0 Å². The number of aliphatic hydroxyl groups excluding tert-OH is 1. The fourth-order valence-corrected chi connectivity index (χ4v) is 7.11. The highest BCUT2D eigenvalue weighted by atomic mass is 32.2. The average molecular weight is 475 g/mol. The normalized spacial score (nSPS) is 30.7. The van der Waals surface area contributed by atoms with Crippen LogP contribution in [-0.2, 0) is 16.0 Å². The third-order valence-electron chi connectivity index (χ3n) is 7.53. The number of hydrogen-bond acceptors (Lipinski definition) is 6. The zero-order valence-electron chi connectivity index (χ0n) is 20.1. The van der Waals surface area contributed by atoms with Crippen molar-refractivity contribution in [3.8, 4) is 0 Å². The van der Waals surface area contributed by atoms with Crippen molar-refractivity contribution < 1.29 is 14.7 Å².